The summed E-state index contributed by atoms with van der Waals surface area (Å²) < 4.78 is 0. The minimum Gasteiger partial charge on any atom is -0.291 e. The Labute approximate surface area is 66.4 Å². The van der Waals surface area contributed by atoms with Gasteiger partial charge in [-0.3, -0.25) is 10.00 Å². The summed E-state index contributed by atoms with van der Waals surface area (Å²) in [7, 11) is 1.98. The van der Waals surface area contributed by atoms with E-state index in [1.54, 1.807) is 6.20 Å². The third-order valence-corrected chi connectivity index (χ3v) is 1.37. The second kappa shape index (κ2) is 3.79. The first-order chi connectivity index (χ1) is 5.33. The molecule has 0 aliphatic carbocycles. The maximum Gasteiger partial charge on any atom is 0.0599 e. The number of terminal acetylenes is 1. The van der Waals surface area contributed by atoms with E-state index in [-0.39, 0.29) is 0 Å². The minimum atomic E-state index is 0.672. The Bertz CT molecular complexity index is 232. The summed E-state index contributed by atoms with van der Waals surface area (Å²) >= 11 is 0. The monoisotopic (exact) mass is 149 g/mol. The fourth-order valence-corrected chi connectivity index (χ4v) is 0.888. The summed E-state index contributed by atoms with van der Waals surface area (Å²) in [6.07, 6.45) is 8.81. The molecule has 0 aliphatic rings. The van der Waals surface area contributed by atoms with Crippen LogP contribution in [0.15, 0.2) is 12.4 Å². The van der Waals surface area contributed by atoms with Gasteiger partial charge in [-0.2, -0.15) is 5.10 Å². The molecule has 0 atom stereocenters. The zero-order valence-electron chi connectivity index (χ0n) is 6.54. The molecule has 3 nitrogen and oxygen atoms in total. The molecule has 0 radical (unpaired) electrons. The van der Waals surface area contributed by atoms with Crippen LogP contribution in [0.2, 0.25) is 0 Å². The van der Waals surface area contributed by atoms with Crippen LogP contribution in [-0.2, 0) is 6.54 Å². The van der Waals surface area contributed by atoms with Gasteiger partial charge in [0.15, 0.2) is 0 Å². The molecule has 0 unspecified atom stereocenters. The molecule has 11 heavy (non-hydrogen) atoms. The third kappa shape index (κ3) is 2.44. The average Bonchev–Trinajstić information content (AvgIpc) is 2.40. The van der Waals surface area contributed by atoms with Gasteiger partial charge < -0.3 is 0 Å². The standard InChI is InChI=1S/C8H11N3/c1-3-4-11(2)7-8-5-9-10-6-8/h1,5-6H,4,7H2,2H3,(H,9,10). The van der Waals surface area contributed by atoms with E-state index in [0.717, 1.165) is 12.1 Å². The van der Waals surface area contributed by atoms with E-state index in [2.05, 4.69) is 16.1 Å². The van der Waals surface area contributed by atoms with Gasteiger partial charge >= 0.3 is 0 Å². The molecule has 0 fully saturated rings. The zero-order valence-corrected chi connectivity index (χ0v) is 6.54. The van der Waals surface area contributed by atoms with Gasteiger partial charge in [0.25, 0.3) is 0 Å². The molecule has 0 amide bonds. The van der Waals surface area contributed by atoms with E-state index < -0.39 is 0 Å². The van der Waals surface area contributed by atoms with Crippen LogP contribution < -0.4 is 0 Å². The van der Waals surface area contributed by atoms with Crippen LogP contribution in [0.3, 0.4) is 0 Å². The molecule has 1 N–H and O–H groups in total. The molecule has 1 aromatic heterocycles. The summed E-state index contributed by atoms with van der Waals surface area (Å²) in [5.41, 5.74) is 1.16. The molecular weight excluding hydrogens is 138 g/mol. The van der Waals surface area contributed by atoms with Crippen molar-refractivity contribution in [2.24, 2.45) is 0 Å². The SMILES string of the molecule is C#CCN(C)Cc1cn[nH]c1. The van der Waals surface area contributed by atoms with Crippen molar-refractivity contribution in [1.82, 2.24) is 15.1 Å². The molecule has 0 saturated heterocycles. The molecule has 0 saturated carbocycles. The number of hydrogen-bond acceptors (Lipinski definition) is 2. The van der Waals surface area contributed by atoms with E-state index in [1.807, 2.05) is 18.1 Å². The number of H-pyrrole nitrogens is 1. The lowest BCUT2D eigenvalue weighted by Crippen LogP contribution is -2.17. The van der Waals surface area contributed by atoms with Gasteiger partial charge in [0, 0.05) is 18.3 Å². The predicted octanol–water partition coefficient (Wildman–Crippen LogP) is 0.475. The first kappa shape index (κ1) is 7.83. The molecular formula is C8H11N3. The zero-order chi connectivity index (χ0) is 8.10. The van der Waals surface area contributed by atoms with Crippen molar-refractivity contribution < 1.29 is 0 Å². The lowest BCUT2D eigenvalue weighted by Gasteiger charge is -2.10. The van der Waals surface area contributed by atoms with Gasteiger partial charge in [-0.25, -0.2) is 0 Å². The summed E-state index contributed by atoms with van der Waals surface area (Å²) in [6, 6.07) is 0. The lowest BCUT2D eigenvalue weighted by molar-refractivity contribution is 0.369. The number of aromatic amines is 1. The molecule has 0 bridgehead atoms. The second-order valence-corrected chi connectivity index (χ2v) is 2.48. The summed E-state index contributed by atoms with van der Waals surface area (Å²) in [5.74, 6) is 2.58. The van der Waals surface area contributed by atoms with Gasteiger partial charge in [0.2, 0.25) is 0 Å². The Kier molecular flexibility index (Phi) is 2.70. The first-order valence-corrected chi connectivity index (χ1v) is 3.42. The third-order valence-electron chi connectivity index (χ3n) is 1.37. The fraction of sp³-hybridized carbons (Fsp3) is 0.375. The number of rotatable bonds is 3. The van der Waals surface area contributed by atoms with Crippen molar-refractivity contribution in [3.05, 3.63) is 18.0 Å². The van der Waals surface area contributed by atoms with Crippen LogP contribution in [0, 0.1) is 12.3 Å². The highest BCUT2D eigenvalue weighted by Gasteiger charge is 1.97. The molecule has 0 aromatic carbocycles. The van der Waals surface area contributed by atoms with E-state index in [4.69, 9.17) is 6.42 Å². The second-order valence-electron chi connectivity index (χ2n) is 2.48. The molecule has 58 valence electrons. The largest absolute Gasteiger partial charge is 0.291 e. The quantitative estimate of drug-likeness (QED) is 0.634. The van der Waals surface area contributed by atoms with E-state index in [1.165, 1.54) is 0 Å². The highest BCUT2D eigenvalue weighted by atomic mass is 15.1. The summed E-state index contributed by atoms with van der Waals surface area (Å²) in [5, 5.41) is 6.58. The molecule has 1 rings (SSSR count). The number of aromatic nitrogens is 2. The van der Waals surface area contributed by atoms with Crippen molar-refractivity contribution >= 4 is 0 Å². The Morgan fingerprint density at radius 1 is 1.82 bits per heavy atom. The van der Waals surface area contributed by atoms with Crippen molar-refractivity contribution in [3.8, 4) is 12.3 Å². The Hall–Kier alpha value is -1.27. The van der Waals surface area contributed by atoms with E-state index in [9.17, 15) is 0 Å². The molecule has 1 heterocycles. The molecule has 3 heteroatoms. The summed E-state index contributed by atoms with van der Waals surface area (Å²) in [4.78, 5) is 2.05. The van der Waals surface area contributed by atoms with Gasteiger partial charge in [-0.15, -0.1) is 6.42 Å². The molecule has 0 spiro atoms. The van der Waals surface area contributed by atoms with Crippen molar-refractivity contribution in [2.75, 3.05) is 13.6 Å². The summed E-state index contributed by atoms with van der Waals surface area (Å²) in [6.45, 7) is 1.52. The van der Waals surface area contributed by atoms with Gasteiger partial charge in [0.05, 0.1) is 12.7 Å². The maximum absolute atomic E-state index is 5.14. The number of nitrogens with zero attached hydrogens (tertiary/aromatic N) is 2. The average molecular weight is 149 g/mol. The minimum absolute atomic E-state index is 0.672. The highest BCUT2D eigenvalue weighted by Crippen LogP contribution is 1.97. The van der Waals surface area contributed by atoms with Crippen LogP contribution >= 0.6 is 0 Å². The van der Waals surface area contributed by atoms with Crippen LogP contribution in [0.1, 0.15) is 5.56 Å². The van der Waals surface area contributed by atoms with Crippen molar-refractivity contribution in [3.63, 3.8) is 0 Å². The van der Waals surface area contributed by atoms with Gasteiger partial charge in [-0.05, 0) is 7.05 Å². The Balaban J connectivity index is 2.38. The first-order valence-electron chi connectivity index (χ1n) is 3.42. The van der Waals surface area contributed by atoms with Crippen LogP contribution in [-0.4, -0.2) is 28.7 Å². The fourth-order valence-electron chi connectivity index (χ4n) is 0.888. The smallest absolute Gasteiger partial charge is 0.0599 e. The van der Waals surface area contributed by atoms with Crippen LogP contribution in [0.5, 0.6) is 0 Å². The van der Waals surface area contributed by atoms with E-state index in [0.29, 0.717) is 6.54 Å². The maximum atomic E-state index is 5.14. The van der Waals surface area contributed by atoms with Gasteiger partial charge in [0.1, 0.15) is 0 Å². The van der Waals surface area contributed by atoms with E-state index >= 15 is 0 Å². The van der Waals surface area contributed by atoms with Crippen molar-refractivity contribution in [1.29, 1.82) is 0 Å². The molecule has 0 aliphatic heterocycles. The molecule has 1 aromatic rings. The highest BCUT2D eigenvalue weighted by molar-refractivity contribution is 5.02. The number of hydrogen-bond donors (Lipinski definition) is 1. The normalized spacial score (nSPS) is 9.91. The van der Waals surface area contributed by atoms with Gasteiger partial charge in [-0.1, -0.05) is 5.92 Å². The Morgan fingerprint density at radius 3 is 3.18 bits per heavy atom. The van der Waals surface area contributed by atoms with Crippen LogP contribution in [0.25, 0.3) is 0 Å². The predicted molar refractivity (Wildman–Crippen MR) is 43.8 cm³/mol. The van der Waals surface area contributed by atoms with Crippen LogP contribution in [0.4, 0.5) is 0 Å². The lowest BCUT2D eigenvalue weighted by atomic mass is 10.3. The topological polar surface area (TPSA) is 31.9 Å². The van der Waals surface area contributed by atoms with Crippen molar-refractivity contribution in [2.45, 2.75) is 6.54 Å². The number of nitrogens with one attached hydrogen (secondary N) is 1. The Morgan fingerprint density at radius 2 is 2.64 bits per heavy atom.